The summed E-state index contributed by atoms with van der Waals surface area (Å²) in [5, 5.41) is 20.1. The number of hydrogen-bond donors (Lipinski definition) is 1. The third-order valence-corrected chi connectivity index (χ3v) is 3.96. The van der Waals surface area contributed by atoms with Crippen molar-refractivity contribution in [2.75, 3.05) is 0 Å². The molecule has 0 spiro atoms. The molecule has 0 heterocycles. The number of nitrogens with zero attached hydrogens (tertiary/aromatic N) is 1. The van der Waals surface area contributed by atoms with Crippen LogP contribution in [-0.2, 0) is 6.18 Å². The van der Waals surface area contributed by atoms with Crippen LogP contribution in [0.15, 0.2) is 52.3 Å². The first-order chi connectivity index (χ1) is 10.7. The molecular weight excluding hydrogens is 335 g/mol. The summed E-state index contributed by atoms with van der Waals surface area (Å²) in [5.41, 5.74) is -1.96. The molecule has 0 amide bonds. The molecule has 0 radical (unpaired) electrons. The van der Waals surface area contributed by atoms with Gasteiger partial charge in [0.15, 0.2) is 0 Å². The molecule has 9 heteroatoms. The summed E-state index contributed by atoms with van der Waals surface area (Å²) in [4.78, 5) is 21.3. The zero-order valence-corrected chi connectivity index (χ0v) is 12.0. The topological polar surface area (TPSA) is 80.4 Å². The van der Waals surface area contributed by atoms with E-state index in [1.807, 2.05) is 0 Å². The van der Waals surface area contributed by atoms with Gasteiger partial charge in [0.2, 0.25) is 0 Å². The normalized spacial score (nSPS) is 11.3. The van der Waals surface area contributed by atoms with E-state index in [4.69, 9.17) is 5.11 Å². The zero-order chi connectivity index (χ0) is 17.2. The van der Waals surface area contributed by atoms with Crippen molar-refractivity contribution in [3.63, 3.8) is 0 Å². The Balaban J connectivity index is 2.49. The van der Waals surface area contributed by atoms with Crippen LogP contribution in [0.2, 0.25) is 0 Å². The second-order valence-electron chi connectivity index (χ2n) is 4.34. The first kappa shape index (κ1) is 16.8. The predicted molar refractivity (Wildman–Crippen MR) is 75.6 cm³/mol. The minimum absolute atomic E-state index is 0.0725. The lowest BCUT2D eigenvalue weighted by atomic mass is 10.2. The predicted octanol–water partition coefficient (Wildman–Crippen LogP) is 4.46. The Morgan fingerprint density at radius 1 is 1.13 bits per heavy atom. The standard InChI is InChI=1S/C14H8F3NO4S/c15-14(16,17)8-5-6-12(10(7-8)18(21)22)23-11-4-2-1-3-9(11)13(19)20/h1-7H,(H,19,20). The fourth-order valence-electron chi connectivity index (χ4n) is 1.77. The number of carboxylic acid groups (broad SMARTS) is 1. The molecule has 0 bridgehead atoms. The third-order valence-electron chi connectivity index (χ3n) is 2.82. The highest BCUT2D eigenvalue weighted by Crippen LogP contribution is 2.40. The van der Waals surface area contributed by atoms with E-state index in [-0.39, 0.29) is 15.4 Å². The van der Waals surface area contributed by atoms with E-state index in [0.29, 0.717) is 6.07 Å². The number of carbonyl (C=O) groups is 1. The molecule has 0 aromatic heterocycles. The van der Waals surface area contributed by atoms with Gasteiger partial charge in [-0.3, -0.25) is 10.1 Å². The summed E-state index contributed by atoms with van der Waals surface area (Å²) < 4.78 is 38.0. The second-order valence-corrected chi connectivity index (χ2v) is 5.42. The van der Waals surface area contributed by atoms with Gasteiger partial charge in [0.05, 0.1) is 20.9 Å². The van der Waals surface area contributed by atoms with Crippen molar-refractivity contribution >= 4 is 23.4 Å². The maximum Gasteiger partial charge on any atom is 0.416 e. The largest absolute Gasteiger partial charge is 0.478 e. The van der Waals surface area contributed by atoms with E-state index in [1.54, 1.807) is 0 Å². The molecule has 0 fully saturated rings. The summed E-state index contributed by atoms with van der Waals surface area (Å²) in [6.45, 7) is 0. The lowest BCUT2D eigenvalue weighted by molar-refractivity contribution is -0.388. The number of hydrogen-bond acceptors (Lipinski definition) is 4. The molecule has 0 aliphatic carbocycles. The molecular formula is C14H8F3NO4S. The van der Waals surface area contributed by atoms with Crippen molar-refractivity contribution in [2.45, 2.75) is 16.0 Å². The molecule has 23 heavy (non-hydrogen) atoms. The zero-order valence-electron chi connectivity index (χ0n) is 11.2. The number of nitro groups is 1. The van der Waals surface area contributed by atoms with Gasteiger partial charge < -0.3 is 5.11 Å². The van der Waals surface area contributed by atoms with Crippen molar-refractivity contribution < 1.29 is 28.0 Å². The third kappa shape index (κ3) is 3.81. The van der Waals surface area contributed by atoms with Gasteiger partial charge in [-0.25, -0.2) is 4.79 Å². The number of carboxylic acids is 1. The van der Waals surface area contributed by atoms with Gasteiger partial charge in [-0.1, -0.05) is 23.9 Å². The van der Waals surface area contributed by atoms with Crippen LogP contribution in [0.5, 0.6) is 0 Å². The van der Waals surface area contributed by atoms with Crippen molar-refractivity contribution in [1.29, 1.82) is 0 Å². The van der Waals surface area contributed by atoms with Gasteiger partial charge in [0.1, 0.15) is 0 Å². The highest BCUT2D eigenvalue weighted by atomic mass is 32.2. The van der Waals surface area contributed by atoms with E-state index >= 15 is 0 Å². The van der Waals surface area contributed by atoms with Gasteiger partial charge in [-0.2, -0.15) is 13.2 Å². The summed E-state index contributed by atoms with van der Waals surface area (Å²) in [5.74, 6) is -1.23. The van der Waals surface area contributed by atoms with Crippen LogP contribution in [0, 0.1) is 10.1 Å². The Bertz CT molecular complexity index is 777. The van der Waals surface area contributed by atoms with Gasteiger partial charge in [0, 0.05) is 11.0 Å². The first-order valence-corrected chi connectivity index (χ1v) is 6.87. The number of benzene rings is 2. The number of aromatic carboxylic acids is 1. The molecule has 0 atom stereocenters. The SMILES string of the molecule is O=C(O)c1ccccc1Sc1ccc(C(F)(F)F)cc1[N+](=O)[O-]. The second kappa shape index (κ2) is 6.29. The fourth-order valence-corrected chi connectivity index (χ4v) is 2.80. The molecule has 2 rings (SSSR count). The van der Waals surface area contributed by atoms with Crippen LogP contribution in [0.25, 0.3) is 0 Å². The minimum Gasteiger partial charge on any atom is -0.478 e. The molecule has 0 saturated carbocycles. The van der Waals surface area contributed by atoms with Crippen LogP contribution in [0.3, 0.4) is 0 Å². The number of alkyl halides is 3. The van der Waals surface area contributed by atoms with E-state index in [2.05, 4.69) is 0 Å². The van der Waals surface area contributed by atoms with E-state index in [1.165, 1.54) is 24.3 Å². The summed E-state index contributed by atoms with van der Waals surface area (Å²) in [7, 11) is 0. The first-order valence-electron chi connectivity index (χ1n) is 6.06. The summed E-state index contributed by atoms with van der Waals surface area (Å²) >= 11 is 0.727. The number of nitro benzene ring substituents is 1. The Labute approximate surface area is 131 Å². The van der Waals surface area contributed by atoms with Crippen LogP contribution >= 0.6 is 11.8 Å². The van der Waals surface area contributed by atoms with Crippen LogP contribution in [0.4, 0.5) is 18.9 Å². The average molecular weight is 343 g/mol. The number of rotatable bonds is 4. The van der Waals surface area contributed by atoms with E-state index in [0.717, 1.165) is 23.9 Å². The van der Waals surface area contributed by atoms with Crippen molar-refractivity contribution in [3.05, 3.63) is 63.7 Å². The molecule has 2 aromatic carbocycles. The van der Waals surface area contributed by atoms with Gasteiger partial charge in [0.25, 0.3) is 5.69 Å². The molecule has 1 N–H and O–H groups in total. The maximum absolute atomic E-state index is 12.7. The molecule has 0 aliphatic rings. The molecule has 2 aromatic rings. The van der Waals surface area contributed by atoms with Gasteiger partial charge >= 0.3 is 12.1 Å². The maximum atomic E-state index is 12.7. The lowest BCUT2D eigenvalue weighted by Crippen LogP contribution is -2.06. The minimum atomic E-state index is -4.70. The van der Waals surface area contributed by atoms with Crippen molar-refractivity contribution in [2.24, 2.45) is 0 Å². The molecule has 5 nitrogen and oxygen atoms in total. The molecule has 0 aliphatic heterocycles. The molecule has 0 saturated heterocycles. The van der Waals surface area contributed by atoms with Crippen LogP contribution < -0.4 is 0 Å². The van der Waals surface area contributed by atoms with Crippen molar-refractivity contribution in [1.82, 2.24) is 0 Å². The summed E-state index contributed by atoms with van der Waals surface area (Å²) in [6, 6.07) is 7.87. The van der Waals surface area contributed by atoms with Crippen LogP contribution in [0.1, 0.15) is 15.9 Å². The number of halogens is 3. The molecule has 120 valence electrons. The van der Waals surface area contributed by atoms with Gasteiger partial charge in [-0.05, 0) is 24.3 Å². The lowest BCUT2D eigenvalue weighted by Gasteiger charge is -2.09. The quantitative estimate of drug-likeness (QED) is 0.655. The Kier molecular flexibility index (Phi) is 4.60. The molecule has 0 unspecified atom stereocenters. The Hall–Kier alpha value is -2.55. The Morgan fingerprint density at radius 2 is 1.78 bits per heavy atom. The smallest absolute Gasteiger partial charge is 0.416 e. The Morgan fingerprint density at radius 3 is 2.35 bits per heavy atom. The van der Waals surface area contributed by atoms with Gasteiger partial charge in [-0.15, -0.1) is 0 Å². The van der Waals surface area contributed by atoms with E-state index in [9.17, 15) is 28.1 Å². The fraction of sp³-hybridized carbons (Fsp3) is 0.0714. The van der Waals surface area contributed by atoms with Crippen molar-refractivity contribution in [3.8, 4) is 0 Å². The monoisotopic (exact) mass is 343 g/mol. The van der Waals surface area contributed by atoms with Crippen LogP contribution in [-0.4, -0.2) is 16.0 Å². The average Bonchev–Trinajstić information content (AvgIpc) is 2.46. The van der Waals surface area contributed by atoms with E-state index < -0.39 is 28.3 Å². The highest BCUT2D eigenvalue weighted by Gasteiger charge is 2.33. The highest BCUT2D eigenvalue weighted by molar-refractivity contribution is 7.99. The summed E-state index contributed by atoms with van der Waals surface area (Å²) in [6.07, 6.45) is -4.70.